The van der Waals surface area contributed by atoms with Gasteiger partial charge in [0.25, 0.3) is 0 Å². The first-order chi connectivity index (χ1) is 10.5. The van der Waals surface area contributed by atoms with E-state index in [-0.39, 0.29) is 3.97 Å². The number of aromatic nitrogens is 1. The van der Waals surface area contributed by atoms with Gasteiger partial charge in [0, 0.05) is 12.1 Å². The van der Waals surface area contributed by atoms with Crippen LogP contribution in [-0.4, -0.2) is 32.5 Å². The van der Waals surface area contributed by atoms with Crippen LogP contribution in [0.15, 0.2) is 30.6 Å². The van der Waals surface area contributed by atoms with E-state index < -0.39 is 40.9 Å². The lowest BCUT2D eigenvalue weighted by Crippen LogP contribution is -2.59. The molecule has 1 aromatic heterocycles. The minimum absolute atomic E-state index is 0.168. The van der Waals surface area contributed by atoms with Gasteiger partial charge in [0.05, 0.1) is 0 Å². The smallest absolute Gasteiger partial charge is 0.199 e. The first-order valence-corrected chi connectivity index (χ1v) is 7.01. The standard InChI is InChI=1S/C10H7F9NO3S/c11-7(12,6-8(13,14)15)9(16,17)10(18,19)23-24(21,22)20-4-2-1-3-5-20/h1-5H,6H2/q+1. The third kappa shape index (κ3) is 4.28. The molecule has 4 nitrogen and oxygen atoms in total. The van der Waals surface area contributed by atoms with Gasteiger partial charge in [-0.05, 0) is 0 Å². The molecule has 138 valence electrons. The second kappa shape index (κ2) is 6.06. The Morgan fingerprint density at radius 2 is 1.29 bits per heavy atom. The average Bonchev–Trinajstić information content (AvgIpc) is 2.35. The number of halogens is 9. The van der Waals surface area contributed by atoms with Crippen molar-refractivity contribution in [3.05, 3.63) is 30.6 Å². The Balaban J connectivity index is 3.18. The maximum atomic E-state index is 13.2. The van der Waals surface area contributed by atoms with E-state index in [9.17, 15) is 47.9 Å². The van der Waals surface area contributed by atoms with Crippen LogP contribution in [-0.2, 0) is 14.5 Å². The topological polar surface area (TPSA) is 47.3 Å². The highest BCUT2D eigenvalue weighted by molar-refractivity contribution is 7.80. The fraction of sp³-hybridized carbons (Fsp3) is 0.500. The molecule has 0 aliphatic heterocycles. The van der Waals surface area contributed by atoms with Crippen LogP contribution in [0.4, 0.5) is 39.5 Å². The predicted octanol–water partition coefficient (Wildman–Crippen LogP) is 2.90. The van der Waals surface area contributed by atoms with Crippen LogP contribution < -0.4 is 3.97 Å². The van der Waals surface area contributed by atoms with Gasteiger partial charge in [-0.1, -0.05) is 10.0 Å². The molecule has 0 saturated carbocycles. The average molecular weight is 392 g/mol. The summed E-state index contributed by atoms with van der Waals surface area (Å²) in [5.74, 6) is -13.1. The Bertz CT molecular complexity index is 673. The van der Waals surface area contributed by atoms with E-state index in [1.165, 1.54) is 6.07 Å². The molecule has 0 radical (unpaired) electrons. The van der Waals surface area contributed by atoms with Gasteiger partial charge < -0.3 is 0 Å². The number of nitrogens with zero attached hydrogens (tertiary/aromatic N) is 1. The lowest BCUT2D eigenvalue weighted by Gasteiger charge is -2.31. The lowest BCUT2D eigenvalue weighted by atomic mass is 10.1. The molecule has 1 rings (SSSR count). The van der Waals surface area contributed by atoms with Gasteiger partial charge in [0.1, 0.15) is 6.42 Å². The molecule has 1 aromatic rings. The van der Waals surface area contributed by atoms with E-state index in [1.807, 2.05) is 0 Å². The van der Waals surface area contributed by atoms with Gasteiger partial charge in [-0.3, -0.25) is 0 Å². The maximum Gasteiger partial charge on any atom is 0.519 e. The highest BCUT2D eigenvalue weighted by Gasteiger charge is 2.76. The van der Waals surface area contributed by atoms with Gasteiger partial charge in [0.15, 0.2) is 12.4 Å². The normalized spacial score (nSPS) is 14.7. The van der Waals surface area contributed by atoms with Gasteiger partial charge in [0.2, 0.25) is 0 Å². The van der Waals surface area contributed by atoms with Crippen molar-refractivity contribution in [2.45, 2.75) is 30.6 Å². The first kappa shape index (κ1) is 20.5. The summed E-state index contributed by atoms with van der Waals surface area (Å²) in [7, 11) is -5.73. The molecule has 14 heteroatoms. The molecule has 0 spiro atoms. The fourth-order valence-corrected chi connectivity index (χ4v) is 2.23. The van der Waals surface area contributed by atoms with Crippen molar-refractivity contribution in [2.24, 2.45) is 0 Å². The van der Waals surface area contributed by atoms with E-state index in [1.54, 1.807) is 0 Å². The van der Waals surface area contributed by atoms with Gasteiger partial charge in [-0.15, -0.1) is 12.6 Å². The highest BCUT2D eigenvalue weighted by atomic mass is 32.2. The zero-order chi connectivity index (χ0) is 19.0. The quantitative estimate of drug-likeness (QED) is 0.553. The van der Waals surface area contributed by atoms with E-state index in [4.69, 9.17) is 0 Å². The van der Waals surface area contributed by atoms with Crippen LogP contribution >= 0.6 is 0 Å². The second-order valence-electron chi connectivity index (χ2n) is 4.33. The van der Waals surface area contributed by atoms with E-state index in [2.05, 4.69) is 4.18 Å². The SMILES string of the molecule is O=S(=O)(OC(F)(F)C(F)(F)C(F)(F)CC(F)(F)F)[n+]1ccccc1. The molecule has 0 bridgehead atoms. The van der Waals surface area contributed by atoms with Crippen molar-refractivity contribution >= 4 is 10.3 Å². The van der Waals surface area contributed by atoms with Crippen LogP contribution in [0, 0.1) is 0 Å². The monoisotopic (exact) mass is 392 g/mol. The summed E-state index contributed by atoms with van der Waals surface area (Å²) in [4.78, 5) is 0. The third-order valence-electron chi connectivity index (χ3n) is 2.40. The molecule has 0 aromatic carbocycles. The molecule has 0 fully saturated rings. The lowest BCUT2D eigenvalue weighted by molar-refractivity contribution is -0.528. The molecule has 0 aliphatic carbocycles. The van der Waals surface area contributed by atoms with Crippen LogP contribution in [0.5, 0.6) is 0 Å². The molecule has 0 unspecified atom stereocenters. The summed E-state index contributed by atoms with van der Waals surface area (Å²) in [5.41, 5.74) is 0. The molecule has 0 N–H and O–H groups in total. The van der Waals surface area contributed by atoms with Gasteiger partial charge in [-0.25, -0.2) is 0 Å². The van der Waals surface area contributed by atoms with E-state index in [0.29, 0.717) is 12.4 Å². The summed E-state index contributed by atoms with van der Waals surface area (Å²) < 4.78 is 140. The summed E-state index contributed by atoms with van der Waals surface area (Å²) in [6.45, 7) is 0. The Morgan fingerprint density at radius 1 is 0.833 bits per heavy atom. The van der Waals surface area contributed by atoms with Crippen LogP contribution in [0.3, 0.4) is 0 Å². The van der Waals surface area contributed by atoms with Crippen molar-refractivity contribution < 1.29 is 56.1 Å². The van der Waals surface area contributed by atoms with E-state index in [0.717, 1.165) is 12.1 Å². The number of alkyl halides is 9. The molecule has 1 heterocycles. The molecular formula is C10H7F9NO3S+. The molecule has 0 saturated heterocycles. The van der Waals surface area contributed by atoms with Crippen LogP contribution in [0.1, 0.15) is 6.42 Å². The minimum atomic E-state index is -6.77. The summed E-state index contributed by atoms with van der Waals surface area (Å²) in [5, 5.41) is 0. The number of pyridine rings is 1. The van der Waals surface area contributed by atoms with Crippen LogP contribution in [0.2, 0.25) is 0 Å². The Hall–Kier alpha value is -1.57. The number of hydrogen-bond acceptors (Lipinski definition) is 3. The second-order valence-corrected chi connectivity index (χ2v) is 5.78. The molecule has 0 aliphatic rings. The Kier molecular flexibility index (Phi) is 5.17. The highest BCUT2D eigenvalue weighted by Crippen LogP contribution is 2.50. The predicted molar refractivity (Wildman–Crippen MR) is 57.6 cm³/mol. The summed E-state index contributed by atoms with van der Waals surface area (Å²) >= 11 is 0. The first-order valence-electron chi connectivity index (χ1n) is 5.64. The van der Waals surface area contributed by atoms with Crippen molar-refractivity contribution in [1.29, 1.82) is 0 Å². The maximum absolute atomic E-state index is 13.2. The van der Waals surface area contributed by atoms with Gasteiger partial charge >= 0.3 is 34.4 Å². The number of hydrogen-bond donors (Lipinski definition) is 0. The minimum Gasteiger partial charge on any atom is -0.199 e. The molecule has 24 heavy (non-hydrogen) atoms. The molecule has 0 atom stereocenters. The van der Waals surface area contributed by atoms with Crippen molar-refractivity contribution in [3.8, 4) is 0 Å². The third-order valence-corrected chi connectivity index (χ3v) is 3.58. The zero-order valence-corrected chi connectivity index (χ0v) is 11.9. The number of rotatable bonds is 6. The molecule has 0 amide bonds. The Labute approximate surface area is 128 Å². The van der Waals surface area contributed by atoms with Crippen molar-refractivity contribution in [1.82, 2.24) is 0 Å². The largest absolute Gasteiger partial charge is 0.519 e. The molecular weight excluding hydrogens is 385 g/mol. The van der Waals surface area contributed by atoms with Crippen LogP contribution in [0.25, 0.3) is 0 Å². The van der Waals surface area contributed by atoms with E-state index >= 15 is 0 Å². The Morgan fingerprint density at radius 3 is 1.71 bits per heavy atom. The fourth-order valence-electron chi connectivity index (χ4n) is 1.34. The van der Waals surface area contributed by atoms with Crippen molar-refractivity contribution in [2.75, 3.05) is 0 Å². The summed E-state index contributed by atoms with van der Waals surface area (Å²) in [6.07, 6.45) is -14.9. The van der Waals surface area contributed by atoms with Crippen molar-refractivity contribution in [3.63, 3.8) is 0 Å². The van der Waals surface area contributed by atoms with Gasteiger partial charge in [-0.2, -0.15) is 39.5 Å². The summed E-state index contributed by atoms with van der Waals surface area (Å²) in [6, 6.07) is 3.07. The zero-order valence-electron chi connectivity index (χ0n) is 11.1.